The fourth-order valence-electron chi connectivity index (χ4n) is 5.36. The summed E-state index contributed by atoms with van der Waals surface area (Å²) < 4.78 is 0. The van der Waals surface area contributed by atoms with Crippen molar-refractivity contribution in [3.63, 3.8) is 0 Å². The zero-order valence-corrected chi connectivity index (χ0v) is 20.3. The first-order valence-electron chi connectivity index (χ1n) is 12.7. The number of allylic oxidation sites excluding steroid dienone is 2. The predicted octanol–water partition coefficient (Wildman–Crippen LogP) is 3.48. The van der Waals surface area contributed by atoms with Crippen molar-refractivity contribution in [3.8, 4) is 0 Å². The minimum Gasteiger partial charge on any atom is -0.388 e. The topological polar surface area (TPSA) is 51.4 Å². The van der Waals surface area contributed by atoms with Gasteiger partial charge in [-0.3, -0.25) is 4.90 Å². The van der Waals surface area contributed by atoms with Crippen LogP contribution < -0.4 is 21.3 Å². The highest BCUT2D eigenvalue weighted by Gasteiger charge is 2.42. The van der Waals surface area contributed by atoms with Crippen LogP contribution in [0, 0.1) is 11.3 Å². The van der Waals surface area contributed by atoms with Crippen LogP contribution in [0.25, 0.3) is 0 Å². The minimum absolute atomic E-state index is 0.344. The van der Waals surface area contributed by atoms with Crippen LogP contribution >= 0.6 is 0 Å². The second-order valence-electron chi connectivity index (χ2n) is 11.3. The number of hydrogen-bond acceptors (Lipinski definition) is 5. The van der Waals surface area contributed by atoms with Crippen LogP contribution in [0.2, 0.25) is 0 Å². The molecule has 3 fully saturated rings. The molecule has 2 saturated heterocycles. The van der Waals surface area contributed by atoms with Crippen molar-refractivity contribution in [1.82, 2.24) is 26.2 Å². The Morgan fingerprint density at radius 3 is 2.61 bits per heavy atom. The summed E-state index contributed by atoms with van der Waals surface area (Å²) in [5.74, 6) is 0.962. The van der Waals surface area contributed by atoms with Gasteiger partial charge in [-0.05, 0) is 75.1 Å². The highest BCUT2D eigenvalue weighted by atomic mass is 15.2. The van der Waals surface area contributed by atoms with E-state index in [2.05, 4.69) is 65.3 Å². The Bertz CT molecular complexity index is 693. The van der Waals surface area contributed by atoms with Crippen molar-refractivity contribution in [2.24, 2.45) is 11.3 Å². The maximum absolute atomic E-state index is 3.78. The van der Waals surface area contributed by atoms with Gasteiger partial charge in [-0.2, -0.15) is 0 Å². The highest BCUT2D eigenvalue weighted by molar-refractivity contribution is 5.36. The Balaban J connectivity index is 1.23. The zero-order chi connectivity index (χ0) is 21.8. The maximum Gasteiger partial charge on any atom is 0.0676 e. The van der Waals surface area contributed by atoms with Crippen molar-refractivity contribution in [1.29, 1.82) is 0 Å². The summed E-state index contributed by atoms with van der Waals surface area (Å²) in [4.78, 5) is 2.78. The van der Waals surface area contributed by atoms with Crippen LogP contribution in [-0.2, 0) is 0 Å². The third-order valence-electron chi connectivity index (χ3n) is 7.46. The lowest BCUT2D eigenvalue weighted by Gasteiger charge is -2.35. The van der Waals surface area contributed by atoms with E-state index in [0.29, 0.717) is 17.5 Å². The van der Waals surface area contributed by atoms with Gasteiger partial charge in [0.1, 0.15) is 0 Å². The van der Waals surface area contributed by atoms with Crippen molar-refractivity contribution in [2.75, 3.05) is 33.2 Å². The number of hydrogen-bond donors (Lipinski definition) is 4. The first-order chi connectivity index (χ1) is 14.9. The predicted molar refractivity (Wildman–Crippen MR) is 131 cm³/mol. The number of fused-ring (bicyclic) bond motifs is 1. The summed E-state index contributed by atoms with van der Waals surface area (Å²) >= 11 is 0. The van der Waals surface area contributed by atoms with Gasteiger partial charge < -0.3 is 21.3 Å². The van der Waals surface area contributed by atoms with Gasteiger partial charge in [0, 0.05) is 38.3 Å². The third kappa shape index (κ3) is 6.29. The molecule has 0 aromatic heterocycles. The van der Waals surface area contributed by atoms with E-state index in [0.717, 1.165) is 37.9 Å². The zero-order valence-electron chi connectivity index (χ0n) is 20.3. The van der Waals surface area contributed by atoms with E-state index >= 15 is 0 Å². The van der Waals surface area contributed by atoms with Crippen molar-refractivity contribution in [2.45, 2.75) is 83.8 Å². The largest absolute Gasteiger partial charge is 0.388 e. The molecule has 5 nitrogen and oxygen atoms in total. The minimum atomic E-state index is 0.344. The molecule has 4 rings (SSSR count). The molecule has 0 spiro atoms. The summed E-state index contributed by atoms with van der Waals surface area (Å²) in [6, 6.07) is 1.83. The van der Waals surface area contributed by atoms with E-state index in [-0.39, 0.29) is 0 Å². The Hall–Kier alpha value is -1.46. The molecular formula is C26H45N5. The molecule has 5 heteroatoms. The standard InChI is InChI=1S/C26H45N5/c1-26(2,3)12-9-19-15-25(19)31-13-10-21(11-14-31)28-17-20(16-27-4)24-18-29-22-7-5-6-8-23(22)30-24/h7-8,17,19,21,24-25,27-30H,5-6,9-16,18H2,1-4H3/b20-17+. The molecule has 0 radical (unpaired) electrons. The second kappa shape index (κ2) is 9.99. The molecule has 2 aliphatic heterocycles. The third-order valence-corrected chi connectivity index (χ3v) is 7.46. The smallest absolute Gasteiger partial charge is 0.0676 e. The molecule has 0 amide bonds. The molecule has 4 aliphatic rings. The van der Waals surface area contributed by atoms with Crippen LogP contribution in [-0.4, -0.2) is 56.3 Å². The Morgan fingerprint density at radius 2 is 1.90 bits per heavy atom. The average molecular weight is 428 g/mol. The number of rotatable bonds is 8. The highest BCUT2D eigenvalue weighted by Crippen LogP contribution is 2.42. The van der Waals surface area contributed by atoms with Gasteiger partial charge in [0.15, 0.2) is 0 Å². The molecule has 0 bridgehead atoms. The fourth-order valence-corrected chi connectivity index (χ4v) is 5.36. The first kappa shape index (κ1) is 22.7. The summed E-state index contributed by atoms with van der Waals surface area (Å²) in [5.41, 5.74) is 4.46. The van der Waals surface area contributed by atoms with Gasteiger partial charge in [-0.15, -0.1) is 0 Å². The van der Waals surface area contributed by atoms with Crippen LogP contribution in [0.4, 0.5) is 0 Å². The first-order valence-corrected chi connectivity index (χ1v) is 12.7. The van der Waals surface area contributed by atoms with Crippen LogP contribution in [0.1, 0.15) is 65.7 Å². The van der Waals surface area contributed by atoms with Crippen LogP contribution in [0.3, 0.4) is 0 Å². The summed E-state index contributed by atoms with van der Waals surface area (Å²) in [6.07, 6.45) is 16.0. The molecule has 1 saturated carbocycles. The SMILES string of the molecule is CNC/C(=C\NC1CCN(C2CC2CCC(C)(C)C)CC1)C1CNC2=CCCC=C2N1. The van der Waals surface area contributed by atoms with Crippen molar-refractivity contribution in [3.05, 3.63) is 35.3 Å². The molecule has 0 aromatic carbocycles. The van der Waals surface area contributed by atoms with Crippen LogP contribution in [0.5, 0.6) is 0 Å². The molecular weight excluding hydrogens is 382 g/mol. The molecule has 2 heterocycles. The van der Waals surface area contributed by atoms with E-state index in [9.17, 15) is 0 Å². The molecule has 174 valence electrons. The Kier molecular flexibility index (Phi) is 7.33. The van der Waals surface area contributed by atoms with Gasteiger partial charge in [-0.1, -0.05) is 32.9 Å². The van der Waals surface area contributed by atoms with Crippen molar-refractivity contribution < 1.29 is 0 Å². The number of nitrogens with one attached hydrogen (secondary N) is 4. The lowest BCUT2D eigenvalue weighted by Crippen LogP contribution is -2.49. The number of nitrogens with zero attached hydrogens (tertiary/aromatic N) is 1. The summed E-state index contributed by atoms with van der Waals surface area (Å²) in [5, 5.41) is 14.5. The van der Waals surface area contributed by atoms with E-state index in [1.54, 1.807) is 0 Å². The van der Waals surface area contributed by atoms with Gasteiger partial charge in [-0.25, -0.2) is 0 Å². The van der Waals surface area contributed by atoms with E-state index in [1.165, 1.54) is 62.2 Å². The normalized spacial score (nSPS) is 29.9. The van der Waals surface area contributed by atoms with Crippen molar-refractivity contribution >= 4 is 0 Å². The van der Waals surface area contributed by atoms with Gasteiger partial charge >= 0.3 is 0 Å². The lowest BCUT2D eigenvalue weighted by atomic mass is 9.89. The van der Waals surface area contributed by atoms with Crippen LogP contribution in [0.15, 0.2) is 35.3 Å². The number of piperidine rings is 1. The maximum atomic E-state index is 3.78. The fraction of sp³-hybridized carbons (Fsp3) is 0.769. The molecule has 3 unspecified atom stereocenters. The molecule has 2 aliphatic carbocycles. The number of likely N-dealkylation sites (N-methyl/N-ethyl adjacent to an activating group) is 1. The monoisotopic (exact) mass is 427 g/mol. The van der Waals surface area contributed by atoms with Gasteiger partial charge in [0.2, 0.25) is 0 Å². The summed E-state index contributed by atoms with van der Waals surface area (Å²) in [6.45, 7) is 11.5. The van der Waals surface area contributed by atoms with Gasteiger partial charge in [0.05, 0.1) is 17.4 Å². The molecule has 31 heavy (non-hydrogen) atoms. The number of likely N-dealkylation sites (tertiary alicyclic amines) is 1. The number of piperazine rings is 1. The Morgan fingerprint density at radius 1 is 1.16 bits per heavy atom. The lowest BCUT2D eigenvalue weighted by molar-refractivity contribution is 0.184. The molecule has 4 N–H and O–H groups in total. The quantitative estimate of drug-likeness (QED) is 0.478. The molecule has 0 aromatic rings. The molecule has 3 atom stereocenters. The summed E-state index contributed by atoms with van der Waals surface area (Å²) in [7, 11) is 2.04. The average Bonchev–Trinajstić information content (AvgIpc) is 3.55. The van der Waals surface area contributed by atoms with Gasteiger partial charge in [0.25, 0.3) is 0 Å². The van der Waals surface area contributed by atoms with E-state index < -0.39 is 0 Å². The second-order valence-corrected chi connectivity index (χ2v) is 11.3. The van der Waals surface area contributed by atoms with E-state index in [4.69, 9.17) is 0 Å². The Labute approximate surface area is 190 Å². The van der Waals surface area contributed by atoms with E-state index in [1.807, 2.05) is 7.05 Å².